The molecule has 0 saturated heterocycles. The van der Waals surface area contributed by atoms with Crippen LogP contribution in [0.3, 0.4) is 0 Å². The van der Waals surface area contributed by atoms with Gasteiger partial charge < -0.3 is 4.90 Å². The van der Waals surface area contributed by atoms with Crippen LogP contribution in [0.25, 0.3) is 0 Å². The first kappa shape index (κ1) is 15.8. The zero-order valence-corrected chi connectivity index (χ0v) is 13.8. The lowest BCUT2D eigenvalue weighted by Crippen LogP contribution is -2.33. The Balaban J connectivity index is 2.31. The molecule has 1 N–H and O–H groups in total. The van der Waals surface area contributed by atoms with E-state index in [2.05, 4.69) is 4.72 Å². The molecule has 0 spiro atoms. The fraction of sp³-hybridized carbons (Fsp3) is 0.533. The van der Waals surface area contributed by atoms with Crippen molar-refractivity contribution in [2.45, 2.75) is 39.0 Å². The molecule has 1 aliphatic heterocycles. The molecular weight excluding hydrogens is 288 g/mol. The van der Waals surface area contributed by atoms with E-state index in [-0.39, 0.29) is 11.7 Å². The number of unbranched alkanes of at least 4 members (excludes halogenated alkanes) is 1. The molecule has 0 aliphatic carbocycles. The van der Waals surface area contributed by atoms with Crippen molar-refractivity contribution in [1.82, 2.24) is 0 Å². The fourth-order valence-corrected chi connectivity index (χ4v) is 3.86. The summed E-state index contributed by atoms with van der Waals surface area (Å²) in [6, 6.07) is 5.26. The molecule has 0 fully saturated rings. The summed E-state index contributed by atoms with van der Waals surface area (Å²) < 4.78 is 26.5. The van der Waals surface area contributed by atoms with Gasteiger partial charge in [0.15, 0.2) is 0 Å². The Morgan fingerprint density at radius 3 is 2.57 bits per heavy atom. The minimum atomic E-state index is -3.33. The van der Waals surface area contributed by atoms with Crippen LogP contribution < -0.4 is 9.62 Å². The van der Waals surface area contributed by atoms with Gasteiger partial charge in [-0.15, -0.1) is 0 Å². The molecule has 1 aliphatic rings. The number of amides is 1. The summed E-state index contributed by atoms with van der Waals surface area (Å²) in [6.45, 7) is 5.66. The zero-order valence-electron chi connectivity index (χ0n) is 12.9. The van der Waals surface area contributed by atoms with E-state index >= 15 is 0 Å². The molecule has 0 unspecified atom stereocenters. The van der Waals surface area contributed by atoms with Crippen molar-refractivity contribution in [3.8, 4) is 0 Å². The van der Waals surface area contributed by atoms with Gasteiger partial charge >= 0.3 is 0 Å². The van der Waals surface area contributed by atoms with E-state index in [1.54, 1.807) is 30.1 Å². The summed E-state index contributed by atoms with van der Waals surface area (Å²) in [7, 11) is -1.59. The summed E-state index contributed by atoms with van der Waals surface area (Å²) in [4.78, 5) is 13.8. The fourth-order valence-electron chi connectivity index (χ4n) is 2.60. The minimum Gasteiger partial charge on any atom is -0.314 e. The average molecular weight is 310 g/mol. The summed E-state index contributed by atoms with van der Waals surface area (Å²) in [5.41, 5.74) is 1.57. The lowest BCUT2D eigenvalue weighted by Gasteiger charge is -2.17. The van der Waals surface area contributed by atoms with Crippen LogP contribution in [0.15, 0.2) is 18.2 Å². The maximum Gasteiger partial charge on any atom is 0.236 e. The zero-order chi connectivity index (χ0) is 15.8. The first-order valence-corrected chi connectivity index (χ1v) is 8.77. The van der Waals surface area contributed by atoms with Crippen LogP contribution in [0.2, 0.25) is 0 Å². The largest absolute Gasteiger partial charge is 0.314 e. The number of carbonyl (C=O) groups excluding carboxylic acids is 1. The van der Waals surface area contributed by atoms with Gasteiger partial charge in [0.2, 0.25) is 15.9 Å². The van der Waals surface area contributed by atoms with Gasteiger partial charge in [-0.05, 0) is 44.0 Å². The maximum atomic E-state index is 12.2. The molecule has 1 heterocycles. The molecule has 0 radical (unpaired) electrons. The number of hydrogen-bond acceptors (Lipinski definition) is 3. The van der Waals surface area contributed by atoms with E-state index in [0.29, 0.717) is 12.1 Å². The van der Waals surface area contributed by atoms with E-state index in [1.807, 2.05) is 20.8 Å². The van der Waals surface area contributed by atoms with Crippen LogP contribution in [0.5, 0.6) is 0 Å². The standard InChI is InChI=1S/C15H22N2O3S/c1-5-6-9-21(19,20)16-11-7-8-13-12(10-11)15(2,3)14(18)17(13)4/h7-8,10,16H,5-6,9H2,1-4H3. The van der Waals surface area contributed by atoms with Crippen LogP contribution in [-0.2, 0) is 20.2 Å². The van der Waals surface area contributed by atoms with E-state index in [4.69, 9.17) is 0 Å². The van der Waals surface area contributed by atoms with Gasteiger partial charge in [-0.2, -0.15) is 0 Å². The lowest BCUT2D eigenvalue weighted by molar-refractivity contribution is -0.121. The molecule has 5 nitrogen and oxygen atoms in total. The van der Waals surface area contributed by atoms with Crippen LogP contribution in [0.4, 0.5) is 11.4 Å². The number of anilines is 2. The highest BCUT2D eigenvalue weighted by Gasteiger charge is 2.42. The maximum absolute atomic E-state index is 12.2. The molecule has 2 rings (SSSR count). The van der Waals surface area contributed by atoms with Crippen LogP contribution >= 0.6 is 0 Å². The summed E-state index contributed by atoms with van der Waals surface area (Å²) in [6.07, 6.45) is 1.46. The molecule has 0 atom stereocenters. The van der Waals surface area contributed by atoms with Gasteiger partial charge in [-0.1, -0.05) is 13.3 Å². The number of fused-ring (bicyclic) bond motifs is 1. The van der Waals surface area contributed by atoms with Crippen molar-refractivity contribution in [2.75, 3.05) is 22.4 Å². The number of nitrogens with one attached hydrogen (secondary N) is 1. The van der Waals surface area contributed by atoms with E-state index in [1.165, 1.54) is 0 Å². The van der Waals surface area contributed by atoms with Crippen LogP contribution in [0, 0.1) is 0 Å². The topological polar surface area (TPSA) is 66.5 Å². The van der Waals surface area contributed by atoms with Crippen molar-refractivity contribution in [3.63, 3.8) is 0 Å². The number of likely N-dealkylation sites (N-methyl/N-ethyl adjacent to an activating group) is 1. The molecule has 1 aromatic carbocycles. The second kappa shape index (κ2) is 5.33. The Bertz CT molecular complexity index is 665. The smallest absolute Gasteiger partial charge is 0.236 e. The van der Waals surface area contributed by atoms with E-state index in [9.17, 15) is 13.2 Å². The van der Waals surface area contributed by atoms with Crippen molar-refractivity contribution in [2.24, 2.45) is 0 Å². The number of hydrogen-bond donors (Lipinski definition) is 1. The highest BCUT2D eigenvalue weighted by molar-refractivity contribution is 7.92. The Morgan fingerprint density at radius 2 is 1.95 bits per heavy atom. The number of nitrogens with zero attached hydrogens (tertiary/aromatic N) is 1. The second-order valence-corrected chi connectivity index (χ2v) is 7.84. The molecular formula is C15H22N2O3S. The van der Waals surface area contributed by atoms with Gasteiger partial charge in [0.25, 0.3) is 0 Å². The molecule has 0 bridgehead atoms. The van der Waals surface area contributed by atoms with Crippen molar-refractivity contribution in [1.29, 1.82) is 0 Å². The Hall–Kier alpha value is -1.56. The van der Waals surface area contributed by atoms with E-state index in [0.717, 1.165) is 17.7 Å². The Morgan fingerprint density at radius 1 is 1.29 bits per heavy atom. The summed E-state index contributed by atoms with van der Waals surface area (Å²) in [5, 5.41) is 0. The van der Waals surface area contributed by atoms with Crippen LogP contribution in [0.1, 0.15) is 39.2 Å². The second-order valence-electron chi connectivity index (χ2n) is 6.00. The highest BCUT2D eigenvalue weighted by Crippen LogP contribution is 2.41. The quantitative estimate of drug-likeness (QED) is 0.908. The van der Waals surface area contributed by atoms with Gasteiger partial charge in [-0.3, -0.25) is 9.52 Å². The third kappa shape index (κ3) is 2.90. The highest BCUT2D eigenvalue weighted by atomic mass is 32.2. The molecule has 116 valence electrons. The van der Waals surface area contributed by atoms with Gasteiger partial charge in [0.1, 0.15) is 0 Å². The van der Waals surface area contributed by atoms with Crippen molar-refractivity contribution < 1.29 is 13.2 Å². The molecule has 21 heavy (non-hydrogen) atoms. The Labute approximate surface area is 126 Å². The molecule has 0 aromatic heterocycles. The van der Waals surface area contributed by atoms with Crippen molar-refractivity contribution in [3.05, 3.63) is 23.8 Å². The predicted molar refractivity (Wildman–Crippen MR) is 85.2 cm³/mol. The molecule has 1 amide bonds. The molecule has 1 aromatic rings. The van der Waals surface area contributed by atoms with Gasteiger partial charge in [0, 0.05) is 18.4 Å². The van der Waals surface area contributed by atoms with Crippen molar-refractivity contribution >= 4 is 27.3 Å². The van der Waals surface area contributed by atoms with Gasteiger partial charge in [-0.25, -0.2) is 8.42 Å². The number of sulfonamides is 1. The third-order valence-electron chi connectivity index (χ3n) is 3.91. The van der Waals surface area contributed by atoms with Crippen LogP contribution in [-0.4, -0.2) is 27.1 Å². The average Bonchev–Trinajstić information content (AvgIpc) is 2.58. The van der Waals surface area contributed by atoms with E-state index < -0.39 is 15.4 Å². The first-order valence-electron chi connectivity index (χ1n) is 7.12. The minimum absolute atomic E-state index is 0.0171. The Kier molecular flexibility index (Phi) is 4.02. The predicted octanol–water partition coefficient (Wildman–Crippen LogP) is 2.48. The first-order chi connectivity index (χ1) is 9.69. The summed E-state index contributed by atoms with van der Waals surface area (Å²) in [5.74, 6) is 0.131. The number of rotatable bonds is 5. The molecule has 6 heteroatoms. The summed E-state index contributed by atoms with van der Waals surface area (Å²) >= 11 is 0. The third-order valence-corrected chi connectivity index (χ3v) is 5.28. The molecule has 0 saturated carbocycles. The normalized spacial score (nSPS) is 17.0. The SMILES string of the molecule is CCCCS(=O)(=O)Nc1ccc2c(c1)C(C)(C)C(=O)N2C. The monoisotopic (exact) mass is 310 g/mol. The van der Waals surface area contributed by atoms with Gasteiger partial charge in [0.05, 0.1) is 11.2 Å². The lowest BCUT2D eigenvalue weighted by atomic mass is 9.86. The number of carbonyl (C=O) groups is 1. The number of benzene rings is 1.